The molecule has 0 aromatic heterocycles. The van der Waals surface area contributed by atoms with Crippen molar-refractivity contribution in [2.45, 2.75) is 165 Å². The SMILES string of the molecule is COc1cc2cc(c1Cl)N(C)C(=O)C[C@@H](OC(=O)[C@@H](C)N(C)C(=O)CCSSC(C)CCC(=O)C1CCCCCCC1)[C@@]1(C)O[C@@H]1[C@@H](C)[C@H]1C[C@](O)(NC(=O)O1)[C@@H](OC)/C=C/C=C(\C)C2. The first kappa shape index (κ1) is 52.7. The molecule has 14 nitrogen and oxygen atoms in total. The number of hydrogen-bond acceptors (Lipinski definition) is 13. The fourth-order valence-corrected chi connectivity index (χ4v) is 11.7. The second-order valence-electron chi connectivity index (χ2n) is 18.4. The van der Waals surface area contributed by atoms with Gasteiger partial charge in [-0.1, -0.05) is 103 Å². The maximum Gasteiger partial charge on any atom is 0.409 e. The lowest BCUT2D eigenvalue weighted by molar-refractivity contribution is -0.162. The number of nitrogens with zero attached hydrogens (tertiary/aromatic N) is 2. The molecule has 9 atom stereocenters. The molecule has 1 unspecified atom stereocenters. The van der Waals surface area contributed by atoms with E-state index in [0.29, 0.717) is 35.8 Å². The van der Waals surface area contributed by atoms with Gasteiger partial charge in [-0.2, -0.15) is 0 Å². The topological polar surface area (TPSA) is 174 Å². The number of halogens is 1. The molecule has 4 aliphatic rings. The number of epoxide rings is 1. The quantitative estimate of drug-likeness (QED) is 0.0789. The zero-order valence-corrected chi connectivity index (χ0v) is 41.9. The van der Waals surface area contributed by atoms with Crippen molar-refractivity contribution in [2.75, 3.05) is 39.0 Å². The van der Waals surface area contributed by atoms with Gasteiger partial charge in [-0.15, -0.1) is 0 Å². The van der Waals surface area contributed by atoms with Gasteiger partial charge in [-0.3, -0.25) is 19.7 Å². The van der Waals surface area contributed by atoms with Crippen molar-refractivity contribution in [2.24, 2.45) is 11.8 Å². The van der Waals surface area contributed by atoms with Gasteiger partial charge in [0.25, 0.3) is 0 Å². The van der Waals surface area contributed by atoms with Crippen molar-refractivity contribution < 1.29 is 52.8 Å². The van der Waals surface area contributed by atoms with Crippen molar-refractivity contribution in [1.29, 1.82) is 0 Å². The van der Waals surface area contributed by atoms with Crippen LogP contribution in [-0.4, -0.2) is 121 Å². The van der Waals surface area contributed by atoms with E-state index in [2.05, 4.69) is 12.2 Å². The van der Waals surface area contributed by atoms with E-state index < -0.39 is 65.7 Å². The molecule has 2 saturated heterocycles. The summed E-state index contributed by atoms with van der Waals surface area (Å²) in [6.07, 6.45) is 10.4. The van der Waals surface area contributed by atoms with Crippen LogP contribution in [0.1, 0.15) is 117 Å². The molecule has 3 aliphatic heterocycles. The highest BCUT2D eigenvalue weighted by Gasteiger charge is 2.64. The number of methoxy groups -OCH3 is 2. The number of allylic oxidation sites excluding steroid dienone is 3. The fraction of sp³-hybridized carbons (Fsp3) is 0.688. The van der Waals surface area contributed by atoms with Crippen molar-refractivity contribution in [3.8, 4) is 5.75 Å². The molecule has 1 saturated carbocycles. The van der Waals surface area contributed by atoms with E-state index in [1.54, 1.807) is 80.7 Å². The zero-order valence-electron chi connectivity index (χ0n) is 39.5. The first-order chi connectivity index (χ1) is 30.8. The van der Waals surface area contributed by atoms with E-state index in [0.717, 1.165) is 43.2 Å². The first-order valence-electron chi connectivity index (χ1n) is 23.0. The van der Waals surface area contributed by atoms with Gasteiger partial charge >= 0.3 is 12.1 Å². The number of hydrogen-bond donors (Lipinski definition) is 2. The Morgan fingerprint density at radius 2 is 1.78 bits per heavy atom. The van der Waals surface area contributed by atoms with Gasteiger partial charge in [0.2, 0.25) is 11.8 Å². The van der Waals surface area contributed by atoms with Gasteiger partial charge < -0.3 is 38.6 Å². The van der Waals surface area contributed by atoms with Crippen LogP contribution in [0.15, 0.2) is 35.9 Å². The van der Waals surface area contributed by atoms with Crippen LogP contribution in [0.3, 0.4) is 0 Å². The van der Waals surface area contributed by atoms with E-state index in [-0.39, 0.29) is 41.4 Å². The van der Waals surface area contributed by atoms with E-state index >= 15 is 0 Å². The second-order valence-corrected chi connectivity index (χ2v) is 21.7. The summed E-state index contributed by atoms with van der Waals surface area (Å²) >= 11 is 6.82. The van der Waals surface area contributed by atoms with Crippen molar-refractivity contribution in [3.63, 3.8) is 0 Å². The molecular formula is C48H70ClN3O11S2. The molecule has 362 valence electrons. The number of amides is 3. The average molecular weight is 965 g/mol. The number of rotatable bonds is 14. The summed E-state index contributed by atoms with van der Waals surface area (Å²) in [6.45, 7) is 9.15. The molecule has 3 fully saturated rings. The third kappa shape index (κ3) is 13.7. The van der Waals surface area contributed by atoms with Gasteiger partial charge in [-0.05, 0) is 64.2 Å². The van der Waals surface area contributed by atoms with Crippen LogP contribution in [0.25, 0.3) is 0 Å². The predicted octanol–water partition coefficient (Wildman–Crippen LogP) is 8.38. The molecule has 3 amide bonds. The average Bonchev–Trinajstić information content (AvgIpc) is 3.95. The minimum Gasteiger partial charge on any atom is -0.495 e. The monoisotopic (exact) mass is 963 g/mol. The Balaban J connectivity index is 1.29. The molecule has 3 heterocycles. The summed E-state index contributed by atoms with van der Waals surface area (Å²) in [5, 5.41) is 14.8. The number of likely N-dealkylation sites (N-methyl/N-ethyl adjacent to an activating group) is 1. The predicted molar refractivity (Wildman–Crippen MR) is 255 cm³/mol. The summed E-state index contributed by atoms with van der Waals surface area (Å²) in [5.41, 5.74) is -0.957. The normalized spacial score (nSPS) is 30.2. The molecule has 5 rings (SSSR count). The lowest BCUT2D eigenvalue weighted by Gasteiger charge is -2.42. The highest BCUT2D eigenvalue weighted by atomic mass is 35.5. The number of esters is 1. The fourth-order valence-electron chi connectivity index (χ4n) is 9.06. The standard InChI is InChI=1S/C48H70ClN3O11S2/c1-29-16-15-19-39(60-9)48(58)28-38(61-46(57)50-48)31(3)44-47(5,63-44)40(27-42(55)52(7)35-25-33(24-29)26-37(59-8)43(35)49)62-45(56)32(4)51(6)41(54)22-23-64-65-30(2)20-21-36(53)34-17-13-11-10-12-14-18-34/h15-16,19,25-26,30-32,34,38-40,44,58H,10-14,17-18,20-24,27-28H2,1-9H3,(H,50,57)/b19-15+,29-16+/t30?,31-,32+,38+,39-,40+,44+,47+,48+/m0/s1. The number of nitrogens with one attached hydrogen (secondary N) is 1. The number of benzene rings is 1. The Labute approximate surface area is 398 Å². The maximum atomic E-state index is 14.3. The third-order valence-electron chi connectivity index (χ3n) is 13.5. The molecule has 2 N–H and O–H groups in total. The smallest absolute Gasteiger partial charge is 0.409 e. The van der Waals surface area contributed by atoms with Crippen molar-refractivity contribution in [1.82, 2.24) is 10.2 Å². The van der Waals surface area contributed by atoms with Crippen molar-refractivity contribution in [3.05, 3.63) is 46.5 Å². The van der Waals surface area contributed by atoms with Crippen LogP contribution >= 0.6 is 33.2 Å². The van der Waals surface area contributed by atoms with E-state index in [1.165, 1.54) is 43.3 Å². The maximum absolute atomic E-state index is 14.3. The number of alkyl carbamates (subject to hydrolysis) is 1. The van der Waals surface area contributed by atoms with Gasteiger partial charge in [0.05, 0.1) is 25.3 Å². The van der Waals surface area contributed by atoms with E-state index in [4.69, 9.17) is 35.3 Å². The first-order valence-corrected chi connectivity index (χ1v) is 25.7. The lowest BCUT2D eigenvalue weighted by atomic mass is 9.83. The number of anilines is 1. The lowest BCUT2D eigenvalue weighted by Crippen LogP contribution is -2.63. The number of ketones is 1. The van der Waals surface area contributed by atoms with Crippen molar-refractivity contribution >= 4 is 68.5 Å². The number of aliphatic hydroxyl groups is 1. The van der Waals surface area contributed by atoms with E-state index in [9.17, 15) is 29.1 Å². The van der Waals surface area contributed by atoms with Crippen LogP contribution < -0.4 is 15.0 Å². The molecule has 1 aromatic rings. The highest BCUT2D eigenvalue weighted by molar-refractivity contribution is 8.76. The Morgan fingerprint density at radius 1 is 1.09 bits per heavy atom. The minimum absolute atomic E-state index is 0.0582. The number of ether oxygens (including phenoxy) is 5. The Hall–Kier alpha value is -3.28. The summed E-state index contributed by atoms with van der Waals surface area (Å²) < 4.78 is 29.5. The van der Waals surface area contributed by atoms with Gasteiger partial charge in [-0.25, -0.2) is 9.59 Å². The molecule has 17 heteroatoms. The zero-order chi connectivity index (χ0) is 47.6. The van der Waals surface area contributed by atoms with E-state index in [1.807, 2.05) is 13.0 Å². The molecule has 4 bridgehead atoms. The molecule has 65 heavy (non-hydrogen) atoms. The van der Waals surface area contributed by atoms with Crippen LogP contribution in [-0.2, 0) is 44.5 Å². The molecule has 0 spiro atoms. The molecule has 1 aliphatic carbocycles. The Kier molecular flexibility index (Phi) is 19.2. The summed E-state index contributed by atoms with van der Waals surface area (Å²) in [5.74, 6) is -0.480. The summed E-state index contributed by atoms with van der Waals surface area (Å²) in [4.78, 5) is 70.4. The van der Waals surface area contributed by atoms with Crippen LogP contribution in [0.4, 0.5) is 10.5 Å². The Morgan fingerprint density at radius 3 is 2.46 bits per heavy atom. The molecule has 1 aromatic carbocycles. The van der Waals surface area contributed by atoms with Crippen LogP contribution in [0.2, 0.25) is 5.02 Å². The summed E-state index contributed by atoms with van der Waals surface area (Å²) in [7, 11) is 9.32. The van der Waals surface area contributed by atoms with Gasteiger partial charge in [0.1, 0.15) is 46.5 Å². The van der Waals surface area contributed by atoms with Crippen LogP contribution in [0.5, 0.6) is 5.75 Å². The summed E-state index contributed by atoms with van der Waals surface area (Å²) in [6, 6.07) is 2.59. The van der Waals surface area contributed by atoms with Gasteiger partial charge in [0, 0.05) is 63.3 Å². The highest BCUT2D eigenvalue weighted by Crippen LogP contribution is 2.49. The number of carbonyl (C=O) groups excluding carboxylic acids is 5. The van der Waals surface area contributed by atoms with Crippen LogP contribution in [0, 0.1) is 11.8 Å². The number of fused-ring (bicyclic) bond motifs is 5. The van der Waals surface area contributed by atoms with Gasteiger partial charge in [0.15, 0.2) is 5.72 Å². The number of carbonyl (C=O) groups is 5. The Bertz CT molecular complexity index is 1930. The third-order valence-corrected chi connectivity index (χ3v) is 16.9. The molecular weight excluding hydrogens is 894 g/mol. The second kappa shape index (κ2) is 23.6. The number of Topliss-reactive ketones (excluding diaryl/α,β-unsaturated/α-hetero) is 1. The largest absolute Gasteiger partial charge is 0.495 e. The molecule has 0 radical (unpaired) electrons. The minimum atomic E-state index is -1.84.